The molecule has 0 aromatic heterocycles. The van der Waals surface area contributed by atoms with Crippen LogP contribution < -0.4 is 5.02 Å². The molecule has 0 N–H and O–H groups in total. The molecule has 0 unspecified atom stereocenters. The summed E-state index contributed by atoms with van der Waals surface area (Å²) in [6, 6.07) is 13.7. The van der Waals surface area contributed by atoms with Crippen LogP contribution in [0.2, 0.25) is 39.3 Å². The molecule has 2 aromatic carbocycles. The van der Waals surface area contributed by atoms with E-state index in [-0.39, 0.29) is 0 Å². The van der Waals surface area contributed by atoms with Gasteiger partial charge in [0.1, 0.15) is 0 Å². The second kappa shape index (κ2) is 5.07. The molecule has 0 bridgehead atoms. The first kappa shape index (κ1) is 15.5. The third kappa shape index (κ3) is 2.69. The van der Waals surface area contributed by atoms with E-state index in [4.69, 9.17) is 0 Å². The molecule has 2 nitrogen and oxygen atoms in total. The van der Waals surface area contributed by atoms with E-state index in [9.17, 15) is 0 Å². The Kier molecular flexibility index (Phi) is 3.75. The Morgan fingerprint density at radius 1 is 0.714 bits per heavy atom. The van der Waals surface area contributed by atoms with Crippen LogP contribution in [0, 0.1) is 0 Å². The minimum absolute atomic E-state index is 0.880. The molecule has 0 atom stereocenters. The summed E-state index contributed by atoms with van der Waals surface area (Å²) in [7, 11) is -2.65. The van der Waals surface area contributed by atoms with Gasteiger partial charge >= 0.3 is 143 Å². The average molecular weight is 510 g/mol. The van der Waals surface area contributed by atoms with Crippen molar-refractivity contribution in [2.24, 2.45) is 0 Å². The van der Waals surface area contributed by atoms with Gasteiger partial charge in [-0.1, -0.05) is 0 Å². The van der Waals surface area contributed by atoms with E-state index in [0.717, 1.165) is 0 Å². The van der Waals surface area contributed by atoms with Gasteiger partial charge < -0.3 is 0 Å². The van der Waals surface area contributed by atoms with Crippen LogP contribution in [0.3, 0.4) is 0 Å². The van der Waals surface area contributed by atoms with Crippen molar-refractivity contribution >= 4 is 62.4 Å². The molecule has 2 aromatic rings. The van der Waals surface area contributed by atoms with Crippen molar-refractivity contribution in [3.05, 3.63) is 36.4 Å². The summed E-state index contributed by atoms with van der Waals surface area (Å²) >= 11 is -0.880. The van der Waals surface area contributed by atoms with Crippen LogP contribution in [0.4, 0.5) is 11.4 Å². The summed E-state index contributed by atoms with van der Waals surface area (Å²) in [5.74, 6) is 0. The summed E-state index contributed by atoms with van der Waals surface area (Å²) in [4.78, 5) is 0. The fourth-order valence-electron chi connectivity index (χ4n) is 2.83. The van der Waals surface area contributed by atoms with E-state index in [1.807, 2.05) is 0 Å². The number of rotatable bonds is 2. The second-order valence-electron chi connectivity index (χ2n) is 7.71. The zero-order chi connectivity index (χ0) is 15.4. The van der Waals surface area contributed by atoms with Gasteiger partial charge in [-0.15, -0.1) is 0 Å². The zero-order valence-corrected chi connectivity index (χ0v) is 19.3. The number of anilines is 2. The van der Waals surface area contributed by atoms with Crippen molar-refractivity contribution in [3.8, 4) is 0 Å². The van der Waals surface area contributed by atoms with E-state index >= 15 is 0 Å². The Morgan fingerprint density at radius 3 is 1.52 bits per heavy atom. The molecular weight excluding hydrogens is 485 g/mol. The Morgan fingerprint density at radius 2 is 1.14 bits per heavy atom. The third-order valence-electron chi connectivity index (χ3n) is 3.77. The minimum atomic E-state index is -1.33. The van der Waals surface area contributed by atoms with Gasteiger partial charge in [-0.2, -0.15) is 0 Å². The van der Waals surface area contributed by atoms with Crippen molar-refractivity contribution < 1.29 is 0 Å². The molecule has 21 heavy (non-hydrogen) atoms. The number of hydrogen-bond acceptors (Lipinski definition) is 2. The van der Waals surface area contributed by atoms with Gasteiger partial charge in [0.15, 0.2) is 0 Å². The summed E-state index contributed by atoms with van der Waals surface area (Å²) in [5, 5.41) is 2.90. The van der Waals surface area contributed by atoms with Crippen LogP contribution in [0.25, 0.3) is 10.8 Å². The van der Waals surface area contributed by atoms with Gasteiger partial charge in [-0.25, -0.2) is 0 Å². The first-order valence-corrected chi connectivity index (χ1v) is 17.5. The van der Waals surface area contributed by atoms with Gasteiger partial charge in [-0.3, -0.25) is 0 Å². The number of hydrogen-bond donors (Lipinski definition) is 0. The van der Waals surface area contributed by atoms with Gasteiger partial charge in [-0.05, 0) is 0 Å². The maximum atomic E-state index is 2.88. The summed E-state index contributed by atoms with van der Waals surface area (Å²) in [6.45, 7) is 15.0. The summed E-state index contributed by atoms with van der Waals surface area (Å²) in [5.41, 5.74) is 3.04. The molecule has 0 saturated carbocycles. The van der Waals surface area contributed by atoms with Gasteiger partial charge in [0, 0.05) is 0 Å². The molecule has 1 aliphatic heterocycles. The fraction of sp³-hybridized carbons (Fsp3) is 0.375. The monoisotopic (exact) mass is 509 g/mol. The number of nitrogens with zero attached hydrogens (tertiary/aromatic N) is 2. The first-order chi connectivity index (χ1) is 9.69. The summed E-state index contributed by atoms with van der Waals surface area (Å²) in [6.07, 6.45) is 0. The van der Waals surface area contributed by atoms with E-state index in [1.165, 1.54) is 22.1 Å². The van der Waals surface area contributed by atoms with Crippen LogP contribution in [0.1, 0.15) is 0 Å². The van der Waals surface area contributed by atoms with Crippen molar-refractivity contribution in [1.29, 1.82) is 0 Å². The number of benzene rings is 2. The van der Waals surface area contributed by atoms with Crippen LogP contribution in [-0.4, -0.2) is 40.3 Å². The molecule has 111 valence electrons. The molecule has 5 heteroatoms. The van der Waals surface area contributed by atoms with E-state index in [1.54, 1.807) is 0 Å². The maximum absolute atomic E-state index is 2.88. The normalized spacial score (nSPS) is 15.7. The fourth-order valence-corrected chi connectivity index (χ4v) is 16.5. The Bertz CT molecular complexity index is 634. The van der Waals surface area contributed by atoms with E-state index in [2.05, 4.69) is 80.7 Å². The van der Waals surface area contributed by atoms with Gasteiger partial charge in [0.05, 0.1) is 0 Å². The van der Waals surface area contributed by atoms with Crippen molar-refractivity contribution in [1.82, 2.24) is 0 Å². The van der Waals surface area contributed by atoms with Gasteiger partial charge in [0.25, 0.3) is 0 Å². The predicted octanol–water partition coefficient (Wildman–Crippen LogP) is 4.67. The van der Waals surface area contributed by atoms with Crippen LogP contribution in [-0.2, 0) is 0 Å². The molecule has 0 spiro atoms. The molecule has 0 fully saturated rings. The quantitative estimate of drug-likeness (QED) is 0.543. The van der Waals surface area contributed by atoms with Crippen molar-refractivity contribution in [2.45, 2.75) is 39.3 Å². The molecule has 0 amide bonds. The Hall–Kier alpha value is -0.383. The molecule has 3 rings (SSSR count). The van der Waals surface area contributed by atoms with Crippen LogP contribution in [0.5, 0.6) is 0 Å². The average Bonchev–Trinajstić information content (AvgIpc) is 2.36. The third-order valence-corrected chi connectivity index (χ3v) is 25.4. The Balaban J connectivity index is 2.33. The van der Waals surface area contributed by atoms with E-state index in [0.29, 0.717) is 0 Å². The first-order valence-electron chi connectivity index (χ1n) is 7.53. The summed E-state index contributed by atoms with van der Waals surface area (Å²) < 4.78 is 5.75. The molecule has 0 aliphatic carbocycles. The standard InChI is InChI=1S/C16H24N2Si2.Bi/c1-19(2,3)17-14-11-7-9-13-10-8-12-15(16(13)14)18-20(4,5)6;/h7-12H,1-6H3;/q-2;+2. The molecule has 1 aliphatic rings. The zero-order valence-electron chi connectivity index (χ0n) is 13.8. The van der Waals surface area contributed by atoms with Crippen molar-refractivity contribution in [2.75, 3.05) is 5.02 Å². The van der Waals surface area contributed by atoms with Gasteiger partial charge in [0.2, 0.25) is 0 Å². The van der Waals surface area contributed by atoms with Crippen LogP contribution in [0.15, 0.2) is 36.4 Å². The Labute approximate surface area is 142 Å². The van der Waals surface area contributed by atoms with E-state index < -0.39 is 40.3 Å². The predicted molar refractivity (Wildman–Crippen MR) is 101 cm³/mol. The van der Waals surface area contributed by atoms with Crippen molar-refractivity contribution in [3.63, 3.8) is 0 Å². The molecular formula is C16H24BiN2Si2. The second-order valence-corrected chi connectivity index (χ2v) is 24.2. The molecule has 1 heterocycles. The molecule has 1 radical (unpaired) electrons. The topological polar surface area (TPSA) is 6.48 Å². The SMILES string of the molecule is C[Si](C)(C)[N]1[Bi][N]([Si](C)(C)C)c2cccc3cccc1c23. The van der Waals surface area contributed by atoms with Crippen LogP contribution >= 0.6 is 0 Å². The molecule has 0 saturated heterocycles.